The molecule has 2 aliphatic rings. The monoisotopic (exact) mass is 516 g/mol. The number of nitrogens with zero attached hydrogens (tertiary/aromatic N) is 5. The van der Waals surface area contributed by atoms with E-state index < -0.39 is 0 Å². The first-order chi connectivity index (χ1) is 18.4. The van der Waals surface area contributed by atoms with Crippen LogP contribution in [0.15, 0.2) is 29.3 Å². The van der Waals surface area contributed by atoms with E-state index in [4.69, 9.17) is 19.4 Å². The number of fused-ring (bicyclic) bond motifs is 2. The summed E-state index contributed by atoms with van der Waals surface area (Å²) in [6, 6.07) is 3.73. The van der Waals surface area contributed by atoms with E-state index in [2.05, 4.69) is 36.0 Å². The van der Waals surface area contributed by atoms with E-state index in [1.807, 2.05) is 15.5 Å². The number of imidazole rings is 1. The second-order valence-corrected chi connectivity index (χ2v) is 10.3. The Morgan fingerprint density at radius 2 is 1.79 bits per heavy atom. The minimum absolute atomic E-state index is 0.198. The third kappa shape index (κ3) is 4.23. The van der Waals surface area contributed by atoms with Crippen LogP contribution in [0.5, 0.6) is 11.5 Å². The lowest BCUT2D eigenvalue weighted by molar-refractivity contribution is -0.132. The number of carbonyl (C=O) groups is 1. The highest BCUT2D eigenvalue weighted by atomic mass is 16.5. The van der Waals surface area contributed by atoms with Crippen molar-refractivity contribution in [3.05, 3.63) is 57.5 Å². The molecule has 1 aromatic carbocycles. The summed E-state index contributed by atoms with van der Waals surface area (Å²) in [6.07, 6.45) is 6.39. The quantitative estimate of drug-likeness (QED) is 0.420. The summed E-state index contributed by atoms with van der Waals surface area (Å²) in [4.78, 5) is 42.6. The molecule has 0 radical (unpaired) electrons. The zero-order valence-corrected chi connectivity index (χ0v) is 22.2. The van der Waals surface area contributed by atoms with Gasteiger partial charge in [0.1, 0.15) is 22.7 Å². The van der Waals surface area contributed by atoms with Crippen LogP contribution in [0.25, 0.3) is 16.6 Å². The molecule has 0 unspecified atom stereocenters. The normalized spacial score (nSPS) is 15.9. The van der Waals surface area contributed by atoms with Crippen LogP contribution in [0, 0.1) is 19.8 Å². The Morgan fingerprint density at radius 3 is 2.47 bits per heavy atom. The predicted octanol–water partition coefficient (Wildman–Crippen LogP) is 2.85. The number of nitrogens with one attached hydrogen (secondary N) is 1. The number of ether oxygens (including phenoxy) is 2. The largest absolute Gasteiger partial charge is 0.493 e. The lowest BCUT2D eigenvalue weighted by Crippen LogP contribution is -2.49. The molecule has 1 saturated carbocycles. The molecule has 2 fully saturated rings. The first-order valence-corrected chi connectivity index (χ1v) is 13.0. The van der Waals surface area contributed by atoms with Gasteiger partial charge >= 0.3 is 0 Å². The lowest BCUT2D eigenvalue weighted by Gasteiger charge is -2.37. The smallest absolute Gasteiger partial charge is 0.258 e. The molecule has 1 saturated heterocycles. The maximum absolute atomic E-state index is 13.3. The number of carbonyl (C=O) groups excluding carboxylic acids is 1. The van der Waals surface area contributed by atoms with E-state index >= 15 is 0 Å². The first kappa shape index (κ1) is 24.3. The Bertz CT molecular complexity index is 1570. The molecule has 0 spiro atoms. The van der Waals surface area contributed by atoms with E-state index in [0.717, 1.165) is 24.2 Å². The van der Waals surface area contributed by atoms with Gasteiger partial charge in [0.15, 0.2) is 11.5 Å². The van der Waals surface area contributed by atoms with Crippen LogP contribution in [0.2, 0.25) is 0 Å². The highest BCUT2D eigenvalue weighted by Gasteiger charge is 2.35. The van der Waals surface area contributed by atoms with Crippen LogP contribution in [-0.4, -0.2) is 70.6 Å². The zero-order chi connectivity index (χ0) is 26.6. The van der Waals surface area contributed by atoms with Gasteiger partial charge in [0, 0.05) is 50.9 Å². The van der Waals surface area contributed by atoms with Crippen LogP contribution >= 0.6 is 0 Å². The molecule has 4 heterocycles. The summed E-state index contributed by atoms with van der Waals surface area (Å²) in [7, 11) is 3.15. The number of benzene rings is 1. The SMILES string of the molecule is COc1cc2c(=O)[nH]c(Cc3cn4cc(C)c(C)cc4n3)nc2c(N2CCN(C(=O)C3CC3)CC2)c1OC. The number of hydrogen-bond acceptors (Lipinski definition) is 7. The topological polar surface area (TPSA) is 105 Å². The number of piperazine rings is 1. The Kier molecular flexibility index (Phi) is 5.97. The molecule has 1 N–H and O–H groups in total. The molecule has 0 bridgehead atoms. The molecular formula is C28H32N6O4. The fourth-order valence-electron chi connectivity index (χ4n) is 5.27. The number of H-pyrrole nitrogens is 1. The van der Waals surface area contributed by atoms with Crippen LogP contribution in [0.3, 0.4) is 0 Å². The molecule has 10 heteroatoms. The van der Waals surface area contributed by atoms with Gasteiger partial charge in [0.2, 0.25) is 5.91 Å². The van der Waals surface area contributed by atoms with Crippen molar-refractivity contribution >= 4 is 28.1 Å². The van der Waals surface area contributed by atoms with Crippen molar-refractivity contribution in [1.82, 2.24) is 24.3 Å². The summed E-state index contributed by atoms with van der Waals surface area (Å²) in [6.45, 7) is 6.61. The first-order valence-electron chi connectivity index (χ1n) is 13.0. The predicted molar refractivity (Wildman–Crippen MR) is 144 cm³/mol. The van der Waals surface area contributed by atoms with Crippen molar-refractivity contribution in [2.45, 2.75) is 33.1 Å². The minimum atomic E-state index is -0.245. The average molecular weight is 517 g/mol. The van der Waals surface area contributed by atoms with Gasteiger partial charge < -0.3 is 28.7 Å². The molecule has 38 heavy (non-hydrogen) atoms. The second-order valence-electron chi connectivity index (χ2n) is 10.3. The number of methoxy groups -OCH3 is 2. The summed E-state index contributed by atoms with van der Waals surface area (Å²) in [5.74, 6) is 1.98. The van der Waals surface area contributed by atoms with Gasteiger partial charge in [0.05, 0.1) is 25.3 Å². The number of anilines is 1. The molecular weight excluding hydrogens is 484 g/mol. The fourth-order valence-corrected chi connectivity index (χ4v) is 5.27. The van der Waals surface area contributed by atoms with E-state index in [0.29, 0.717) is 66.5 Å². The number of pyridine rings is 1. The third-order valence-corrected chi connectivity index (χ3v) is 7.66. The van der Waals surface area contributed by atoms with Gasteiger partial charge in [-0.15, -0.1) is 0 Å². The number of aromatic nitrogens is 4. The lowest BCUT2D eigenvalue weighted by atomic mass is 10.1. The Morgan fingerprint density at radius 1 is 1.03 bits per heavy atom. The highest BCUT2D eigenvalue weighted by molar-refractivity contribution is 5.96. The minimum Gasteiger partial charge on any atom is -0.493 e. The Hall–Kier alpha value is -4.08. The van der Waals surface area contributed by atoms with E-state index in [1.54, 1.807) is 20.3 Å². The van der Waals surface area contributed by atoms with Crippen LogP contribution in [0.1, 0.15) is 35.5 Å². The van der Waals surface area contributed by atoms with Gasteiger partial charge in [-0.3, -0.25) is 9.59 Å². The summed E-state index contributed by atoms with van der Waals surface area (Å²) < 4.78 is 13.4. The summed E-state index contributed by atoms with van der Waals surface area (Å²) >= 11 is 0. The third-order valence-electron chi connectivity index (χ3n) is 7.66. The number of aryl methyl sites for hydroxylation is 2. The van der Waals surface area contributed by atoms with Crippen molar-refractivity contribution in [3.63, 3.8) is 0 Å². The van der Waals surface area contributed by atoms with Crippen molar-refractivity contribution in [1.29, 1.82) is 0 Å². The van der Waals surface area contributed by atoms with Crippen molar-refractivity contribution in [2.24, 2.45) is 5.92 Å². The number of rotatable bonds is 6. The fraction of sp³-hybridized carbons (Fsp3) is 0.429. The van der Waals surface area contributed by atoms with Crippen LogP contribution < -0.4 is 19.9 Å². The molecule has 1 aliphatic carbocycles. The van der Waals surface area contributed by atoms with Gasteiger partial charge in [-0.25, -0.2) is 9.97 Å². The molecule has 0 atom stereocenters. The van der Waals surface area contributed by atoms with E-state index in [1.165, 1.54) is 11.1 Å². The highest BCUT2D eigenvalue weighted by Crippen LogP contribution is 2.43. The van der Waals surface area contributed by atoms with Crippen LogP contribution in [0.4, 0.5) is 5.69 Å². The van der Waals surface area contributed by atoms with Crippen molar-refractivity contribution in [3.8, 4) is 11.5 Å². The molecule has 3 aromatic heterocycles. The van der Waals surface area contributed by atoms with Gasteiger partial charge in [-0.05, 0) is 49.9 Å². The van der Waals surface area contributed by atoms with Gasteiger partial charge in [-0.2, -0.15) is 0 Å². The molecule has 4 aromatic rings. The standard InChI is InChI=1S/C28H32N6O4/c1-16-11-23-29-19(15-34(23)14-17(16)2)12-22-30-24-20(27(35)31-22)13-21(37-3)26(38-4)25(24)32-7-9-33(10-8-32)28(36)18-5-6-18/h11,13-15,18H,5-10,12H2,1-4H3,(H,30,31,35). The maximum atomic E-state index is 13.3. The molecule has 6 rings (SSSR count). The van der Waals surface area contributed by atoms with Crippen LogP contribution in [-0.2, 0) is 11.2 Å². The molecule has 10 nitrogen and oxygen atoms in total. The molecule has 198 valence electrons. The zero-order valence-electron chi connectivity index (χ0n) is 22.2. The molecule has 1 amide bonds. The van der Waals surface area contributed by atoms with Crippen molar-refractivity contribution in [2.75, 3.05) is 45.3 Å². The van der Waals surface area contributed by atoms with Crippen molar-refractivity contribution < 1.29 is 14.3 Å². The van der Waals surface area contributed by atoms with E-state index in [-0.39, 0.29) is 17.4 Å². The summed E-state index contributed by atoms with van der Waals surface area (Å²) in [5, 5.41) is 0.430. The average Bonchev–Trinajstić information content (AvgIpc) is 3.69. The van der Waals surface area contributed by atoms with Gasteiger partial charge in [-0.1, -0.05) is 0 Å². The number of amides is 1. The summed E-state index contributed by atoms with van der Waals surface area (Å²) in [5.41, 5.74) is 5.06. The maximum Gasteiger partial charge on any atom is 0.258 e. The molecule has 1 aliphatic heterocycles. The Balaban J connectivity index is 1.39. The van der Waals surface area contributed by atoms with E-state index in [9.17, 15) is 9.59 Å². The number of aromatic amines is 1. The number of hydrogen-bond donors (Lipinski definition) is 1. The Labute approximate surface area is 220 Å². The second kappa shape index (κ2) is 9.34. The van der Waals surface area contributed by atoms with Gasteiger partial charge in [0.25, 0.3) is 5.56 Å².